The molecule has 190 valence electrons. The van der Waals surface area contributed by atoms with E-state index in [0.29, 0.717) is 11.6 Å². The van der Waals surface area contributed by atoms with Gasteiger partial charge in [0, 0.05) is 0 Å². The Balaban J connectivity index is 1.28. The van der Waals surface area contributed by atoms with Crippen molar-refractivity contribution in [2.45, 2.75) is 0 Å². The Morgan fingerprint density at radius 3 is 0.925 bits per heavy atom. The van der Waals surface area contributed by atoms with Crippen molar-refractivity contribution in [1.82, 2.24) is 19.9 Å². The molecule has 5 aromatic carbocycles. The van der Waals surface area contributed by atoms with Crippen molar-refractivity contribution < 1.29 is 0 Å². The average Bonchev–Trinajstić information content (AvgIpc) is 3.69. The average molecular weight is 513 g/mol. The molecule has 2 heterocycles. The molecule has 0 fully saturated rings. The van der Waals surface area contributed by atoms with E-state index in [1.54, 1.807) is 0 Å². The fourth-order valence-corrected chi connectivity index (χ4v) is 4.90. The maximum absolute atomic E-state index is 4.98. The van der Waals surface area contributed by atoms with Gasteiger partial charge in [0.1, 0.15) is 0 Å². The molecule has 0 amide bonds. The molecule has 0 saturated heterocycles. The van der Waals surface area contributed by atoms with Gasteiger partial charge in [0.15, 0.2) is 0 Å². The van der Waals surface area contributed by atoms with Gasteiger partial charge in [0.25, 0.3) is 0 Å². The van der Waals surface area contributed by atoms with Crippen LogP contribution >= 0.6 is 0 Å². The standard InChI is InChI=1S/C36H24N4/c1-5-13-25(14-6-1)31-32(26-15-7-2-8-16-26)38-35(37-31)29-21-23-30(24-22-29)36-39-33(27-17-9-3-10-18-27)34(40-36)28-19-11-4-12-20-28/h1-24H/q-2. The molecule has 0 spiro atoms. The molecule has 4 nitrogen and oxygen atoms in total. The second-order valence-electron chi connectivity index (χ2n) is 9.53. The van der Waals surface area contributed by atoms with Crippen LogP contribution in [-0.4, -0.2) is 9.97 Å². The molecule has 7 aromatic rings. The second-order valence-corrected chi connectivity index (χ2v) is 9.53. The van der Waals surface area contributed by atoms with E-state index in [1.165, 1.54) is 0 Å². The zero-order chi connectivity index (χ0) is 26.7. The molecule has 0 bridgehead atoms. The maximum atomic E-state index is 4.98. The molecule has 0 aliphatic heterocycles. The third kappa shape index (κ3) is 4.52. The quantitative estimate of drug-likeness (QED) is 0.224. The minimum Gasteiger partial charge on any atom is -0.435 e. The van der Waals surface area contributed by atoms with Crippen LogP contribution < -0.4 is 9.97 Å². The minimum absolute atomic E-state index is 0.697. The number of hydrogen-bond donors (Lipinski definition) is 0. The Labute approximate surface area is 233 Å². The van der Waals surface area contributed by atoms with Crippen molar-refractivity contribution in [3.05, 3.63) is 146 Å². The van der Waals surface area contributed by atoms with Gasteiger partial charge in [-0.3, -0.25) is 0 Å². The van der Waals surface area contributed by atoms with Crippen LogP contribution in [0.4, 0.5) is 0 Å². The summed E-state index contributed by atoms with van der Waals surface area (Å²) >= 11 is 0. The van der Waals surface area contributed by atoms with E-state index in [0.717, 1.165) is 56.2 Å². The zero-order valence-corrected chi connectivity index (χ0v) is 21.6. The van der Waals surface area contributed by atoms with Crippen LogP contribution in [-0.2, 0) is 0 Å². The first-order chi connectivity index (χ1) is 19.8. The normalized spacial score (nSPS) is 11.0. The van der Waals surface area contributed by atoms with Crippen molar-refractivity contribution in [3.8, 4) is 67.8 Å². The summed E-state index contributed by atoms with van der Waals surface area (Å²) in [6.45, 7) is 0. The van der Waals surface area contributed by atoms with Gasteiger partial charge in [-0.2, -0.15) is 0 Å². The molecular formula is C36H24N4-2. The predicted molar refractivity (Wildman–Crippen MR) is 161 cm³/mol. The van der Waals surface area contributed by atoms with E-state index in [4.69, 9.17) is 19.9 Å². The fourth-order valence-electron chi connectivity index (χ4n) is 4.90. The molecule has 0 N–H and O–H groups in total. The lowest BCUT2D eigenvalue weighted by atomic mass is 10.1. The summed E-state index contributed by atoms with van der Waals surface area (Å²) in [6.07, 6.45) is 0. The van der Waals surface area contributed by atoms with Crippen LogP contribution in [0.2, 0.25) is 0 Å². The van der Waals surface area contributed by atoms with Crippen molar-refractivity contribution in [2.24, 2.45) is 0 Å². The van der Waals surface area contributed by atoms with Crippen LogP contribution in [0, 0.1) is 0 Å². The van der Waals surface area contributed by atoms with E-state index in [1.807, 2.05) is 72.8 Å². The Hall–Kier alpha value is -5.48. The van der Waals surface area contributed by atoms with Gasteiger partial charge < -0.3 is 19.9 Å². The molecule has 2 aromatic heterocycles. The molecule has 0 aliphatic rings. The monoisotopic (exact) mass is 512 g/mol. The maximum Gasteiger partial charge on any atom is -0.0222 e. The van der Waals surface area contributed by atoms with E-state index < -0.39 is 0 Å². The number of imidazole rings is 2. The van der Waals surface area contributed by atoms with Gasteiger partial charge in [-0.15, -0.1) is 0 Å². The highest BCUT2D eigenvalue weighted by Crippen LogP contribution is 2.34. The predicted octanol–water partition coefficient (Wildman–Crippen LogP) is 8.39. The van der Waals surface area contributed by atoms with E-state index >= 15 is 0 Å². The lowest BCUT2D eigenvalue weighted by Gasteiger charge is -2.09. The lowest BCUT2D eigenvalue weighted by Crippen LogP contribution is -1.87. The second kappa shape index (κ2) is 10.4. The highest BCUT2D eigenvalue weighted by atomic mass is 14.9. The smallest absolute Gasteiger partial charge is 0.0222 e. The third-order valence-electron chi connectivity index (χ3n) is 6.91. The topological polar surface area (TPSA) is 54.0 Å². The minimum atomic E-state index is 0.697. The van der Waals surface area contributed by atoms with Crippen LogP contribution in [0.25, 0.3) is 67.8 Å². The van der Waals surface area contributed by atoms with Crippen molar-refractivity contribution >= 4 is 0 Å². The molecule has 0 unspecified atom stereocenters. The molecule has 40 heavy (non-hydrogen) atoms. The van der Waals surface area contributed by atoms with Gasteiger partial charge >= 0.3 is 0 Å². The Bertz CT molecular complexity index is 1600. The molecular weight excluding hydrogens is 488 g/mol. The summed E-state index contributed by atoms with van der Waals surface area (Å²) in [5, 5.41) is 0. The molecule has 4 heteroatoms. The first-order valence-electron chi connectivity index (χ1n) is 13.3. The summed E-state index contributed by atoms with van der Waals surface area (Å²) in [5.74, 6) is 1.39. The number of nitrogens with zero attached hydrogens (tertiary/aromatic N) is 4. The van der Waals surface area contributed by atoms with Crippen molar-refractivity contribution in [1.29, 1.82) is 0 Å². The summed E-state index contributed by atoms with van der Waals surface area (Å²) in [5.41, 5.74) is 9.59. The van der Waals surface area contributed by atoms with E-state index in [9.17, 15) is 0 Å². The molecule has 0 saturated carbocycles. The largest absolute Gasteiger partial charge is 0.435 e. The highest BCUT2D eigenvalue weighted by Gasteiger charge is 2.09. The van der Waals surface area contributed by atoms with Gasteiger partial charge in [-0.05, 0) is 56.2 Å². The van der Waals surface area contributed by atoms with Crippen LogP contribution in [0.15, 0.2) is 146 Å². The van der Waals surface area contributed by atoms with Gasteiger partial charge in [0.05, 0.1) is 0 Å². The molecule has 0 radical (unpaired) electrons. The summed E-state index contributed by atoms with van der Waals surface area (Å²) in [7, 11) is 0. The van der Waals surface area contributed by atoms with Crippen molar-refractivity contribution in [3.63, 3.8) is 0 Å². The number of rotatable bonds is 6. The van der Waals surface area contributed by atoms with Crippen LogP contribution in [0.3, 0.4) is 0 Å². The van der Waals surface area contributed by atoms with Crippen LogP contribution in [0.5, 0.6) is 0 Å². The summed E-state index contributed by atoms with van der Waals surface area (Å²) in [6, 6.07) is 49.1. The number of hydrogen-bond acceptors (Lipinski definition) is 2. The first kappa shape index (κ1) is 23.6. The summed E-state index contributed by atoms with van der Waals surface area (Å²) < 4.78 is 0. The number of aromatic nitrogens is 4. The Morgan fingerprint density at radius 1 is 0.300 bits per heavy atom. The highest BCUT2D eigenvalue weighted by molar-refractivity contribution is 5.83. The van der Waals surface area contributed by atoms with Gasteiger partial charge in [-0.25, -0.2) is 0 Å². The zero-order valence-electron chi connectivity index (χ0n) is 21.6. The first-order valence-corrected chi connectivity index (χ1v) is 13.3. The Kier molecular flexibility index (Phi) is 6.11. The third-order valence-corrected chi connectivity index (χ3v) is 6.91. The molecule has 0 atom stereocenters. The number of benzene rings is 5. The SMILES string of the molecule is c1ccc(-c2nc(-c3ccc(-c4nc(-c5ccccc5)c(-c5ccccc5)[n-]4)cc3)[n-]c2-c2ccccc2)cc1. The van der Waals surface area contributed by atoms with Gasteiger partial charge in [-0.1, -0.05) is 157 Å². The Morgan fingerprint density at radius 2 is 0.600 bits per heavy atom. The summed E-state index contributed by atoms with van der Waals surface area (Å²) in [4.78, 5) is 19.9. The fraction of sp³-hybridized carbons (Fsp3) is 0. The van der Waals surface area contributed by atoms with E-state index in [2.05, 4.69) is 72.8 Å². The van der Waals surface area contributed by atoms with Gasteiger partial charge in [0.2, 0.25) is 0 Å². The van der Waals surface area contributed by atoms with Crippen LogP contribution in [0.1, 0.15) is 0 Å². The van der Waals surface area contributed by atoms with E-state index in [-0.39, 0.29) is 0 Å². The lowest BCUT2D eigenvalue weighted by molar-refractivity contribution is 1.27. The molecule has 7 rings (SSSR count). The van der Waals surface area contributed by atoms with Crippen molar-refractivity contribution in [2.75, 3.05) is 0 Å². The molecule has 0 aliphatic carbocycles.